The number of carbonyl (C=O) groups excluding carboxylic acids is 2. The van der Waals surface area contributed by atoms with Crippen molar-refractivity contribution in [2.75, 3.05) is 6.61 Å². The van der Waals surface area contributed by atoms with Crippen LogP contribution in [0.25, 0.3) is 0 Å². The third-order valence-electron chi connectivity index (χ3n) is 3.80. The first-order valence-corrected chi connectivity index (χ1v) is 9.89. The smallest absolute Gasteiger partial charge is 0.331 e. The lowest BCUT2D eigenvalue weighted by molar-refractivity contribution is -0.149. The molecule has 0 saturated carbocycles. The van der Waals surface area contributed by atoms with Crippen LogP contribution in [0.2, 0.25) is 0 Å². The number of aliphatic imine (C=N–C) groups is 1. The predicted molar refractivity (Wildman–Crippen MR) is 96.2 cm³/mol. The van der Waals surface area contributed by atoms with E-state index in [0.717, 1.165) is 12.8 Å². The quantitative estimate of drug-likeness (QED) is 0.683. The zero-order valence-electron chi connectivity index (χ0n) is 15.0. The van der Waals surface area contributed by atoms with Gasteiger partial charge in [0.05, 0.1) is 4.90 Å². The molecule has 9 heteroatoms. The van der Waals surface area contributed by atoms with Gasteiger partial charge in [-0.15, -0.1) is 0 Å². The van der Waals surface area contributed by atoms with Crippen molar-refractivity contribution >= 4 is 27.7 Å². The highest BCUT2D eigenvalue weighted by Crippen LogP contribution is 2.22. The number of benzene rings is 1. The maximum absolute atomic E-state index is 12.0. The highest BCUT2D eigenvalue weighted by Gasteiger charge is 2.31. The fraction of sp³-hybridized carbons (Fsp3) is 0.471. The van der Waals surface area contributed by atoms with Gasteiger partial charge in [0.15, 0.2) is 6.61 Å². The molecule has 2 rings (SSSR count). The summed E-state index contributed by atoms with van der Waals surface area (Å²) in [7, 11) is -3.67. The summed E-state index contributed by atoms with van der Waals surface area (Å²) in [6.07, 6.45) is 1.77. The zero-order valence-corrected chi connectivity index (χ0v) is 15.8. The van der Waals surface area contributed by atoms with Gasteiger partial charge in [0.2, 0.25) is 0 Å². The second kappa shape index (κ2) is 8.31. The molecule has 0 spiro atoms. The first-order chi connectivity index (χ1) is 12.2. The first-order valence-electron chi connectivity index (χ1n) is 8.40. The van der Waals surface area contributed by atoms with Crippen molar-refractivity contribution in [3.05, 3.63) is 29.8 Å². The number of hydrogen-bond donors (Lipinski definition) is 2. The Morgan fingerprint density at radius 1 is 1.27 bits per heavy atom. The summed E-state index contributed by atoms with van der Waals surface area (Å²) in [5.74, 6) is -1.00. The molecule has 1 aromatic rings. The Balaban J connectivity index is 1.97. The summed E-state index contributed by atoms with van der Waals surface area (Å²) in [4.78, 5) is 28.0. The van der Waals surface area contributed by atoms with Gasteiger partial charge in [-0.05, 0) is 32.4 Å². The van der Waals surface area contributed by atoms with Crippen molar-refractivity contribution in [2.24, 2.45) is 4.99 Å². The van der Waals surface area contributed by atoms with Crippen LogP contribution in [0.5, 0.6) is 0 Å². The van der Waals surface area contributed by atoms with E-state index in [-0.39, 0.29) is 22.7 Å². The predicted octanol–water partition coefficient (Wildman–Crippen LogP) is 0.962. The molecule has 1 aliphatic heterocycles. The number of nitrogens with zero attached hydrogens (tertiary/aromatic N) is 1. The molecule has 26 heavy (non-hydrogen) atoms. The topological polar surface area (TPSA) is 114 Å². The van der Waals surface area contributed by atoms with E-state index in [1.165, 1.54) is 13.0 Å². The number of esters is 1. The minimum atomic E-state index is -3.67. The molecule has 1 amide bonds. The van der Waals surface area contributed by atoms with Crippen LogP contribution >= 0.6 is 0 Å². The third kappa shape index (κ3) is 4.81. The Morgan fingerprint density at radius 2 is 1.96 bits per heavy atom. The number of sulfonamides is 1. The fourth-order valence-corrected chi connectivity index (χ4v) is 3.79. The lowest BCUT2D eigenvalue weighted by Crippen LogP contribution is -2.36. The van der Waals surface area contributed by atoms with Gasteiger partial charge in [-0.3, -0.25) is 14.5 Å². The molecule has 0 aliphatic carbocycles. The molecule has 1 heterocycles. The molecule has 0 saturated heterocycles. The van der Waals surface area contributed by atoms with Gasteiger partial charge in [-0.25, -0.2) is 13.2 Å². The van der Waals surface area contributed by atoms with Gasteiger partial charge in [0.25, 0.3) is 15.9 Å². The van der Waals surface area contributed by atoms with Gasteiger partial charge in [-0.1, -0.05) is 25.5 Å². The number of carbonyl (C=O) groups is 2. The summed E-state index contributed by atoms with van der Waals surface area (Å²) >= 11 is 0. The van der Waals surface area contributed by atoms with Gasteiger partial charge in [0, 0.05) is 11.6 Å². The van der Waals surface area contributed by atoms with E-state index in [9.17, 15) is 18.0 Å². The minimum absolute atomic E-state index is 0.00765. The van der Waals surface area contributed by atoms with Crippen LogP contribution in [0.3, 0.4) is 0 Å². The van der Waals surface area contributed by atoms with E-state index >= 15 is 0 Å². The maximum atomic E-state index is 12.0. The normalized spacial score (nSPS) is 18.5. The Morgan fingerprint density at radius 3 is 2.65 bits per heavy atom. The minimum Gasteiger partial charge on any atom is -0.454 e. The summed E-state index contributed by atoms with van der Waals surface area (Å²) < 4.78 is 31.3. The number of rotatable bonds is 7. The second-order valence-corrected chi connectivity index (χ2v) is 7.77. The van der Waals surface area contributed by atoms with Crippen molar-refractivity contribution < 1.29 is 22.7 Å². The van der Waals surface area contributed by atoms with Crippen LogP contribution in [0.15, 0.2) is 34.2 Å². The molecule has 0 bridgehead atoms. The van der Waals surface area contributed by atoms with Crippen LogP contribution < -0.4 is 10.0 Å². The molecule has 1 aromatic carbocycles. The Hall–Kier alpha value is -2.42. The number of hydrogen-bond acceptors (Lipinski definition) is 6. The van der Waals surface area contributed by atoms with Crippen LogP contribution in [0.1, 0.15) is 39.2 Å². The van der Waals surface area contributed by atoms with Crippen LogP contribution in [0, 0.1) is 0 Å². The SMILES string of the molecule is CCCC(C)NC(=O)COC(=O)C(C)N=C1NS(=O)(=O)c2ccccc21. The molecule has 2 unspecified atom stereocenters. The molecule has 142 valence electrons. The van der Waals surface area contributed by atoms with Crippen molar-refractivity contribution in [2.45, 2.75) is 50.6 Å². The van der Waals surface area contributed by atoms with E-state index in [2.05, 4.69) is 15.0 Å². The van der Waals surface area contributed by atoms with E-state index in [4.69, 9.17) is 4.74 Å². The summed E-state index contributed by atoms with van der Waals surface area (Å²) in [5, 5.41) is 2.73. The van der Waals surface area contributed by atoms with Crippen molar-refractivity contribution in [1.82, 2.24) is 10.0 Å². The first kappa shape index (κ1) is 19.9. The number of nitrogens with one attached hydrogen (secondary N) is 2. The summed E-state index contributed by atoms with van der Waals surface area (Å²) in [5.41, 5.74) is 0.401. The highest BCUT2D eigenvalue weighted by atomic mass is 32.2. The average molecular weight is 381 g/mol. The van der Waals surface area contributed by atoms with Gasteiger partial charge in [-0.2, -0.15) is 0 Å². The molecule has 2 N–H and O–H groups in total. The van der Waals surface area contributed by atoms with E-state index < -0.39 is 28.6 Å². The number of amidine groups is 1. The molecule has 0 fully saturated rings. The van der Waals surface area contributed by atoms with E-state index in [1.54, 1.807) is 18.2 Å². The summed E-state index contributed by atoms with van der Waals surface area (Å²) in [6, 6.07) is 5.41. The lowest BCUT2D eigenvalue weighted by atomic mass is 10.2. The van der Waals surface area contributed by atoms with E-state index in [1.807, 2.05) is 13.8 Å². The zero-order chi connectivity index (χ0) is 19.3. The highest BCUT2D eigenvalue weighted by molar-refractivity contribution is 7.90. The monoisotopic (exact) mass is 381 g/mol. The third-order valence-corrected chi connectivity index (χ3v) is 5.20. The van der Waals surface area contributed by atoms with E-state index in [0.29, 0.717) is 5.56 Å². The van der Waals surface area contributed by atoms with Crippen LogP contribution in [-0.4, -0.2) is 44.8 Å². The Kier molecular flexibility index (Phi) is 6.36. The molecule has 0 radical (unpaired) electrons. The molecule has 0 aromatic heterocycles. The Labute approximate surface area is 153 Å². The van der Waals surface area contributed by atoms with Crippen molar-refractivity contribution in [1.29, 1.82) is 0 Å². The molecular weight excluding hydrogens is 358 g/mol. The molecule has 2 atom stereocenters. The van der Waals surface area contributed by atoms with Gasteiger partial charge in [0.1, 0.15) is 11.9 Å². The number of fused-ring (bicyclic) bond motifs is 1. The average Bonchev–Trinajstić information content (AvgIpc) is 2.83. The Bertz CT molecular complexity index is 819. The van der Waals surface area contributed by atoms with Crippen molar-refractivity contribution in [3.8, 4) is 0 Å². The van der Waals surface area contributed by atoms with Crippen LogP contribution in [-0.2, 0) is 24.3 Å². The molecule has 8 nitrogen and oxygen atoms in total. The van der Waals surface area contributed by atoms with Crippen LogP contribution in [0.4, 0.5) is 0 Å². The summed E-state index contributed by atoms with van der Waals surface area (Å²) in [6.45, 7) is 4.97. The lowest BCUT2D eigenvalue weighted by Gasteiger charge is -2.13. The maximum Gasteiger partial charge on any atom is 0.331 e. The standard InChI is InChI=1S/C17H23N3O5S/c1-4-7-11(2)18-15(21)10-25-17(22)12(3)19-16-13-8-5-6-9-14(13)26(23,24)20-16/h5-6,8-9,11-12H,4,7,10H2,1-3H3,(H,18,21)(H,19,20). The van der Waals surface area contributed by atoms with Crippen molar-refractivity contribution in [3.63, 3.8) is 0 Å². The molecule has 1 aliphatic rings. The second-order valence-electron chi connectivity index (χ2n) is 6.12. The van der Waals surface area contributed by atoms with Gasteiger partial charge < -0.3 is 10.1 Å². The largest absolute Gasteiger partial charge is 0.454 e. The van der Waals surface area contributed by atoms with Gasteiger partial charge >= 0.3 is 5.97 Å². The molecular formula is C17H23N3O5S. The number of amides is 1. The number of ether oxygens (including phenoxy) is 1. The fourth-order valence-electron chi connectivity index (χ4n) is 2.56.